The predicted molar refractivity (Wildman–Crippen MR) is 154 cm³/mol. The van der Waals surface area contributed by atoms with E-state index in [1.165, 1.54) is 50.2 Å². The van der Waals surface area contributed by atoms with Gasteiger partial charge in [-0.2, -0.15) is 0 Å². The zero-order valence-electron chi connectivity index (χ0n) is 19.6. The van der Waals surface area contributed by atoms with E-state index >= 15 is 0 Å². The van der Waals surface area contributed by atoms with Gasteiger partial charge >= 0.3 is 224 Å². The molecular weight excluding hydrogens is 603 g/mol. The molecule has 0 unspecified atom stereocenters. The summed E-state index contributed by atoms with van der Waals surface area (Å²) in [7, 11) is 0. The summed E-state index contributed by atoms with van der Waals surface area (Å²) in [5, 5.41) is 0. The summed E-state index contributed by atoms with van der Waals surface area (Å²) in [6.45, 7) is 8.79. The molecule has 174 valence electrons. The minimum absolute atomic E-state index is 0.140. The number of aryl methyl sites for hydroxylation is 1. The number of hydrogen-bond acceptors (Lipinski definition) is 4. The molecule has 0 N–H and O–H groups in total. The van der Waals surface area contributed by atoms with Crippen molar-refractivity contribution in [2.45, 2.75) is 34.1 Å². The van der Waals surface area contributed by atoms with Crippen molar-refractivity contribution < 1.29 is 21.2 Å². The van der Waals surface area contributed by atoms with Gasteiger partial charge in [-0.05, 0) is 0 Å². The van der Waals surface area contributed by atoms with Gasteiger partial charge in [-0.15, -0.1) is 0 Å². The Kier molecular flexibility index (Phi) is 7.56. The third kappa shape index (κ3) is 5.34. The van der Waals surface area contributed by atoms with Crippen LogP contribution < -0.4 is 21.2 Å². The zero-order valence-corrected chi connectivity index (χ0v) is 25.1. The van der Waals surface area contributed by atoms with Gasteiger partial charge < -0.3 is 0 Å². The molecule has 0 aromatic carbocycles. The fraction of sp³-hybridized carbons (Fsp3) is 0.172. The van der Waals surface area contributed by atoms with Gasteiger partial charge in [0, 0.05) is 0 Å². The van der Waals surface area contributed by atoms with Gasteiger partial charge in [-0.1, -0.05) is 6.92 Å². The SMILES string of the molecule is CC/C(C)=C\C=C(/C)c1ccc(-c2ccc(C3=CC=C(c4ccc(-c5ccc(C)s5)s4)[I-]3)s2)s1. The van der Waals surface area contributed by atoms with Crippen LogP contribution in [0, 0.1) is 6.92 Å². The molecule has 0 atom stereocenters. The summed E-state index contributed by atoms with van der Waals surface area (Å²) >= 11 is 7.53. The first kappa shape index (κ1) is 24.2. The Morgan fingerprint density at radius 2 is 1.21 bits per heavy atom. The van der Waals surface area contributed by atoms with Gasteiger partial charge in [0.25, 0.3) is 0 Å². The third-order valence-corrected chi connectivity index (χ3v) is 14.3. The first-order valence-electron chi connectivity index (χ1n) is 11.3. The van der Waals surface area contributed by atoms with Crippen LogP contribution in [-0.2, 0) is 0 Å². The monoisotopic (exact) mass is 629 g/mol. The molecule has 5 rings (SSSR count). The molecule has 5 heterocycles. The first-order chi connectivity index (χ1) is 16.5. The molecule has 0 aliphatic carbocycles. The second kappa shape index (κ2) is 10.6. The van der Waals surface area contributed by atoms with Crippen LogP contribution in [0.5, 0.6) is 0 Å². The van der Waals surface area contributed by atoms with E-state index in [9.17, 15) is 0 Å². The number of rotatable bonds is 7. The van der Waals surface area contributed by atoms with Crippen LogP contribution in [0.1, 0.15) is 46.7 Å². The summed E-state index contributed by atoms with van der Waals surface area (Å²) in [6, 6.07) is 18.3. The van der Waals surface area contributed by atoms with Crippen LogP contribution in [0.4, 0.5) is 0 Å². The predicted octanol–water partition coefficient (Wildman–Crippen LogP) is 7.82. The third-order valence-electron chi connectivity index (χ3n) is 5.66. The summed E-state index contributed by atoms with van der Waals surface area (Å²) < 4.78 is 3.09. The Morgan fingerprint density at radius 1 is 0.676 bits per heavy atom. The molecule has 34 heavy (non-hydrogen) atoms. The van der Waals surface area contributed by atoms with E-state index in [4.69, 9.17) is 0 Å². The first-order valence-corrected chi connectivity index (χ1v) is 16.7. The molecule has 0 spiro atoms. The average Bonchev–Trinajstić information content (AvgIpc) is 3.65. The molecule has 0 radical (unpaired) electrons. The quantitative estimate of drug-likeness (QED) is 0.145. The summed E-state index contributed by atoms with van der Waals surface area (Å²) in [5.74, 6) is 0. The van der Waals surface area contributed by atoms with Crippen LogP contribution in [0.15, 0.2) is 78.4 Å². The number of allylic oxidation sites excluding steroid dienone is 6. The van der Waals surface area contributed by atoms with Gasteiger partial charge in [0.05, 0.1) is 0 Å². The van der Waals surface area contributed by atoms with Crippen LogP contribution in [0.3, 0.4) is 0 Å². The van der Waals surface area contributed by atoms with Gasteiger partial charge in [0.2, 0.25) is 0 Å². The summed E-state index contributed by atoms with van der Waals surface area (Å²) in [6.07, 6.45) is 10.3. The van der Waals surface area contributed by atoms with Crippen molar-refractivity contribution in [2.24, 2.45) is 0 Å². The van der Waals surface area contributed by atoms with Crippen molar-refractivity contribution in [3.8, 4) is 19.5 Å². The van der Waals surface area contributed by atoms with Crippen LogP contribution in [-0.4, -0.2) is 0 Å². The van der Waals surface area contributed by atoms with Gasteiger partial charge in [0.1, 0.15) is 0 Å². The Labute approximate surface area is 229 Å². The number of hydrogen-bond donors (Lipinski definition) is 0. The molecule has 1 aliphatic heterocycles. The maximum absolute atomic E-state index is 2.36. The summed E-state index contributed by atoms with van der Waals surface area (Å²) in [5.41, 5.74) is 2.76. The normalized spacial score (nSPS) is 14.8. The molecule has 0 amide bonds. The number of thiophene rings is 4. The molecule has 0 fully saturated rings. The average molecular weight is 630 g/mol. The molecule has 0 saturated heterocycles. The fourth-order valence-corrected chi connectivity index (χ4v) is 10.8. The minimum atomic E-state index is -0.140. The molecule has 0 nitrogen and oxygen atoms in total. The molecular formula is C29H26IS4-. The molecule has 4 aromatic heterocycles. The van der Waals surface area contributed by atoms with Crippen LogP contribution in [0.25, 0.3) is 32.2 Å². The van der Waals surface area contributed by atoms with Gasteiger partial charge in [-0.3, -0.25) is 0 Å². The Hall–Kier alpha value is -1.51. The Morgan fingerprint density at radius 3 is 1.79 bits per heavy atom. The van der Waals surface area contributed by atoms with E-state index in [1.807, 2.05) is 45.3 Å². The van der Waals surface area contributed by atoms with Crippen molar-refractivity contribution in [2.75, 3.05) is 0 Å². The van der Waals surface area contributed by atoms with Crippen molar-refractivity contribution in [3.05, 3.63) is 97.9 Å². The van der Waals surface area contributed by atoms with Crippen LogP contribution >= 0.6 is 45.3 Å². The second-order valence-corrected chi connectivity index (χ2v) is 15.6. The molecule has 0 bridgehead atoms. The van der Waals surface area contributed by atoms with E-state index in [0.717, 1.165) is 6.42 Å². The Bertz CT molecular complexity index is 1440. The van der Waals surface area contributed by atoms with Crippen molar-refractivity contribution >= 4 is 58.1 Å². The molecule has 5 heteroatoms. The van der Waals surface area contributed by atoms with E-state index in [1.54, 1.807) is 7.16 Å². The number of halogens is 1. The van der Waals surface area contributed by atoms with E-state index in [0.29, 0.717) is 0 Å². The zero-order chi connectivity index (χ0) is 23.7. The van der Waals surface area contributed by atoms with Gasteiger partial charge in [-0.25, -0.2) is 0 Å². The standard InChI is InChI=1S/C29H26IS4/c1-5-18(2)6-7-19(3)23-12-15-28(32-23)29-17-14-25(34-29)22-10-9-21(30-22)24-13-16-27(33-24)26-11-8-20(4)31-26/h6-17H,5H2,1-4H3/q-1/b18-6-,19-7+. The molecule has 0 saturated carbocycles. The maximum atomic E-state index is 2.36. The van der Waals surface area contributed by atoms with Crippen molar-refractivity contribution in [3.63, 3.8) is 0 Å². The second-order valence-electron chi connectivity index (χ2n) is 8.24. The fourth-order valence-electron chi connectivity index (χ4n) is 3.49. The van der Waals surface area contributed by atoms with Crippen molar-refractivity contribution in [1.82, 2.24) is 0 Å². The van der Waals surface area contributed by atoms with Gasteiger partial charge in [0.15, 0.2) is 0 Å². The summed E-state index contributed by atoms with van der Waals surface area (Å²) in [4.78, 5) is 11.1. The van der Waals surface area contributed by atoms with E-state index in [-0.39, 0.29) is 21.2 Å². The topological polar surface area (TPSA) is 0 Å². The van der Waals surface area contributed by atoms with Crippen molar-refractivity contribution in [1.29, 1.82) is 0 Å². The van der Waals surface area contributed by atoms with E-state index < -0.39 is 0 Å². The van der Waals surface area contributed by atoms with Crippen LogP contribution in [0.2, 0.25) is 0 Å². The molecule has 4 aromatic rings. The van der Waals surface area contributed by atoms with E-state index in [2.05, 4.69) is 101 Å². The Balaban J connectivity index is 1.27. The molecule has 1 aliphatic rings.